The number of rotatable bonds is 4. The molecule has 0 aliphatic rings. The minimum Gasteiger partial charge on any atom is -0.168 e. The summed E-state index contributed by atoms with van der Waals surface area (Å²) < 4.78 is 16.1. The Bertz CT molecular complexity index is 177. The van der Waals surface area contributed by atoms with Crippen LogP contribution in [0.15, 0.2) is 0 Å². The molecule has 0 aliphatic heterocycles. The first kappa shape index (κ1) is 15.3. The van der Waals surface area contributed by atoms with Crippen LogP contribution < -0.4 is 0 Å². The second-order valence-electron chi connectivity index (χ2n) is 5.29. The van der Waals surface area contributed by atoms with Gasteiger partial charge in [-0.05, 0) is 48.5 Å². The summed E-state index contributed by atoms with van der Waals surface area (Å²) >= 11 is 0. The van der Waals surface area contributed by atoms with Crippen LogP contribution >= 0.6 is 8.17 Å². The highest BCUT2D eigenvalue weighted by Crippen LogP contribution is 2.62. The lowest BCUT2D eigenvalue weighted by Gasteiger charge is -2.26. The van der Waals surface area contributed by atoms with E-state index in [1.165, 1.54) is 0 Å². The zero-order valence-electron chi connectivity index (χ0n) is 10.8. The van der Waals surface area contributed by atoms with Gasteiger partial charge in [-0.3, -0.25) is 0 Å². The quantitative estimate of drug-likeness (QED) is 0.764. The molecular weight excluding hydrogens is 215 g/mol. The summed E-state index contributed by atoms with van der Waals surface area (Å²) in [6, 6.07) is 0. The zero-order chi connectivity index (χ0) is 12.3. The van der Waals surface area contributed by atoms with Gasteiger partial charge in [0, 0.05) is 0 Å². The maximum Gasteiger partial charge on any atom is 0.573 e. The first-order valence-electron chi connectivity index (χ1n) is 5.15. The summed E-state index contributed by atoms with van der Waals surface area (Å²) in [6.45, 7) is 13.3. The summed E-state index contributed by atoms with van der Waals surface area (Å²) in [4.78, 5) is 10.1. The van der Waals surface area contributed by atoms with Gasteiger partial charge < -0.3 is 0 Å². The smallest absolute Gasteiger partial charge is 0.168 e. The van der Waals surface area contributed by atoms with Crippen LogP contribution in [-0.2, 0) is 13.6 Å². The highest BCUT2D eigenvalue weighted by molar-refractivity contribution is 7.55. The second-order valence-corrected chi connectivity index (χ2v) is 6.85. The summed E-state index contributed by atoms with van der Waals surface area (Å²) in [5.74, 6) is 0. The van der Waals surface area contributed by atoms with Gasteiger partial charge in [-0.1, -0.05) is 0 Å². The van der Waals surface area contributed by atoms with Crippen LogP contribution in [0.3, 0.4) is 0 Å². The Morgan fingerprint density at radius 3 is 1.47 bits per heavy atom. The molecule has 5 heteroatoms. The molecule has 0 fully saturated rings. The fourth-order valence-corrected chi connectivity index (χ4v) is 2.78. The van der Waals surface area contributed by atoms with E-state index in [0.717, 1.165) is 0 Å². The third-order valence-electron chi connectivity index (χ3n) is 1.07. The molecule has 0 atom stereocenters. The lowest BCUT2D eigenvalue weighted by Crippen LogP contribution is -2.27. The molecule has 0 saturated heterocycles. The Balaban J connectivity index is 4.59. The summed E-state index contributed by atoms with van der Waals surface area (Å²) in [5, 5.41) is 0. The zero-order valence-corrected chi connectivity index (χ0v) is 11.7. The molecule has 0 aromatic rings. The Labute approximate surface area is 93.6 Å². The minimum absolute atomic E-state index is 0.358. The first-order valence-corrected chi connectivity index (χ1v) is 6.65. The molecule has 4 nitrogen and oxygen atoms in total. The van der Waals surface area contributed by atoms with Gasteiger partial charge >= 0.3 is 8.17 Å². The molecule has 92 valence electrons. The van der Waals surface area contributed by atoms with E-state index < -0.39 is 19.4 Å². The standard InChI is InChI=1S/C10H24O4P/c1-8-12-15(11,13-9(2,3)4)14-10(5,6)7/h11H,8H2,1-7H3/q+1. The van der Waals surface area contributed by atoms with E-state index in [1.807, 2.05) is 41.5 Å². The van der Waals surface area contributed by atoms with E-state index in [1.54, 1.807) is 6.92 Å². The van der Waals surface area contributed by atoms with Gasteiger partial charge in [-0.25, -0.2) is 0 Å². The van der Waals surface area contributed by atoms with Crippen LogP contribution in [0, 0.1) is 0 Å². The van der Waals surface area contributed by atoms with E-state index in [-0.39, 0.29) is 0 Å². The number of hydrogen-bond donors (Lipinski definition) is 1. The fourth-order valence-electron chi connectivity index (χ4n) is 0.927. The predicted molar refractivity (Wildman–Crippen MR) is 62.4 cm³/mol. The van der Waals surface area contributed by atoms with Crippen molar-refractivity contribution in [3.8, 4) is 0 Å². The van der Waals surface area contributed by atoms with E-state index >= 15 is 0 Å². The lowest BCUT2D eigenvalue weighted by atomic mass is 10.2. The maximum atomic E-state index is 10.1. The van der Waals surface area contributed by atoms with Gasteiger partial charge in [0.25, 0.3) is 0 Å². The van der Waals surface area contributed by atoms with Crippen molar-refractivity contribution in [3.05, 3.63) is 0 Å². The molecule has 0 rings (SSSR count). The van der Waals surface area contributed by atoms with Gasteiger partial charge in [0.2, 0.25) is 0 Å². The van der Waals surface area contributed by atoms with Gasteiger partial charge in [-0.2, -0.15) is 9.42 Å². The lowest BCUT2D eigenvalue weighted by molar-refractivity contribution is -0.0178. The van der Waals surface area contributed by atoms with E-state index in [9.17, 15) is 4.89 Å². The fraction of sp³-hybridized carbons (Fsp3) is 1.00. The molecular formula is C10H24O4P+. The highest BCUT2D eigenvalue weighted by Gasteiger charge is 2.51. The Hall–Kier alpha value is 0.270. The van der Waals surface area contributed by atoms with Crippen LogP contribution in [-0.4, -0.2) is 22.7 Å². The van der Waals surface area contributed by atoms with Crippen molar-refractivity contribution in [1.29, 1.82) is 0 Å². The van der Waals surface area contributed by atoms with Crippen LogP contribution in [0.1, 0.15) is 48.5 Å². The Kier molecular flexibility index (Phi) is 5.16. The molecule has 0 unspecified atom stereocenters. The van der Waals surface area contributed by atoms with E-state index in [0.29, 0.717) is 6.61 Å². The molecule has 0 aromatic carbocycles. The van der Waals surface area contributed by atoms with Crippen molar-refractivity contribution in [3.63, 3.8) is 0 Å². The molecule has 0 spiro atoms. The topological polar surface area (TPSA) is 47.9 Å². The van der Waals surface area contributed by atoms with Crippen LogP contribution in [0.4, 0.5) is 0 Å². The summed E-state index contributed by atoms with van der Waals surface area (Å²) in [7, 11) is -3.21. The Morgan fingerprint density at radius 1 is 0.933 bits per heavy atom. The predicted octanol–water partition coefficient (Wildman–Crippen LogP) is 3.32. The van der Waals surface area contributed by atoms with E-state index in [4.69, 9.17) is 13.6 Å². The average Bonchev–Trinajstić information content (AvgIpc) is 1.74. The van der Waals surface area contributed by atoms with Crippen molar-refractivity contribution in [2.45, 2.75) is 59.7 Å². The second kappa shape index (κ2) is 5.07. The van der Waals surface area contributed by atoms with Crippen LogP contribution in [0.2, 0.25) is 0 Å². The van der Waals surface area contributed by atoms with Gasteiger partial charge in [0.15, 0.2) is 0 Å². The largest absolute Gasteiger partial charge is 0.573 e. The van der Waals surface area contributed by atoms with Crippen LogP contribution in [0.25, 0.3) is 0 Å². The van der Waals surface area contributed by atoms with Crippen molar-refractivity contribution in [2.75, 3.05) is 6.61 Å². The molecule has 0 bridgehead atoms. The Morgan fingerprint density at radius 2 is 1.27 bits per heavy atom. The molecule has 0 amide bonds. The summed E-state index contributed by atoms with van der Waals surface area (Å²) in [5.41, 5.74) is -0.994. The molecule has 0 aliphatic carbocycles. The third-order valence-corrected chi connectivity index (χ3v) is 3.21. The first-order chi connectivity index (χ1) is 6.47. The third kappa shape index (κ3) is 8.12. The molecule has 1 N–H and O–H groups in total. The van der Waals surface area contributed by atoms with Crippen LogP contribution in [0.5, 0.6) is 0 Å². The van der Waals surface area contributed by atoms with Crippen molar-refractivity contribution in [2.24, 2.45) is 0 Å². The molecule has 0 radical (unpaired) electrons. The number of hydrogen-bond acceptors (Lipinski definition) is 4. The van der Waals surface area contributed by atoms with Gasteiger partial charge in [0.05, 0.1) is 6.61 Å². The van der Waals surface area contributed by atoms with Crippen molar-refractivity contribution in [1.82, 2.24) is 0 Å². The molecule has 0 aromatic heterocycles. The minimum atomic E-state index is -3.21. The molecule has 0 heterocycles. The van der Waals surface area contributed by atoms with Gasteiger partial charge in [-0.15, -0.1) is 9.05 Å². The monoisotopic (exact) mass is 239 g/mol. The average molecular weight is 239 g/mol. The highest BCUT2D eigenvalue weighted by atomic mass is 31.2. The van der Waals surface area contributed by atoms with Crippen molar-refractivity contribution < 1.29 is 18.5 Å². The summed E-state index contributed by atoms with van der Waals surface area (Å²) in [6.07, 6.45) is 0. The maximum absolute atomic E-state index is 10.1. The van der Waals surface area contributed by atoms with E-state index in [2.05, 4.69) is 0 Å². The van der Waals surface area contributed by atoms with Gasteiger partial charge in [0.1, 0.15) is 11.2 Å². The van der Waals surface area contributed by atoms with Crippen molar-refractivity contribution >= 4 is 8.17 Å². The molecule has 15 heavy (non-hydrogen) atoms. The normalized spacial score (nSPS) is 14.4. The SMILES string of the molecule is CCO[P+](O)(OC(C)(C)C)OC(C)(C)C. The molecule has 0 saturated carbocycles.